The fourth-order valence-electron chi connectivity index (χ4n) is 3.44. The van der Waals surface area contributed by atoms with E-state index < -0.39 is 5.78 Å². The first-order valence-electron chi connectivity index (χ1n) is 9.26. The number of carbonyl (C=O) groups is 2. The van der Waals surface area contributed by atoms with Gasteiger partial charge in [0.2, 0.25) is 5.78 Å². The van der Waals surface area contributed by atoms with Gasteiger partial charge in [0.15, 0.2) is 6.29 Å². The lowest BCUT2D eigenvalue weighted by atomic mass is 10.1. The van der Waals surface area contributed by atoms with Crippen LogP contribution in [0.4, 0.5) is 0 Å². The zero-order valence-electron chi connectivity index (χ0n) is 15.4. The van der Waals surface area contributed by atoms with Crippen LogP contribution >= 0.6 is 0 Å². The molecule has 0 unspecified atom stereocenters. The Morgan fingerprint density at radius 2 is 1.89 bits per heavy atom. The third kappa shape index (κ3) is 3.62. The van der Waals surface area contributed by atoms with Gasteiger partial charge in [-0.3, -0.25) is 14.6 Å². The fourth-order valence-corrected chi connectivity index (χ4v) is 3.44. The van der Waals surface area contributed by atoms with Crippen LogP contribution < -0.4 is 0 Å². The van der Waals surface area contributed by atoms with E-state index in [1.165, 1.54) is 0 Å². The molecule has 0 aliphatic heterocycles. The van der Waals surface area contributed by atoms with Gasteiger partial charge in [0.1, 0.15) is 5.69 Å². The standard InChI is InChI=1S/C22H20N4O2/c27-15-21(28)22-19-8-2-1-6-18(19)13-26(22)11-4-3-10-25-14-20(24-16-25)17-7-5-9-23-12-17/h1-2,5-9,12-16H,3-4,10-11H2. The molecule has 28 heavy (non-hydrogen) atoms. The van der Waals surface area contributed by atoms with Crippen molar-refractivity contribution < 1.29 is 9.59 Å². The van der Waals surface area contributed by atoms with Gasteiger partial charge in [0.25, 0.3) is 0 Å². The van der Waals surface area contributed by atoms with Crippen molar-refractivity contribution in [3.05, 3.63) is 73.2 Å². The summed E-state index contributed by atoms with van der Waals surface area (Å²) >= 11 is 0. The number of aldehydes is 1. The second-order valence-electron chi connectivity index (χ2n) is 6.69. The third-order valence-corrected chi connectivity index (χ3v) is 4.79. The first-order valence-corrected chi connectivity index (χ1v) is 9.26. The summed E-state index contributed by atoms with van der Waals surface area (Å²) in [6.45, 7) is 1.53. The lowest BCUT2D eigenvalue weighted by Crippen LogP contribution is -2.10. The number of nitrogens with zero attached hydrogens (tertiary/aromatic N) is 4. The second-order valence-corrected chi connectivity index (χ2v) is 6.69. The Balaban J connectivity index is 1.40. The highest BCUT2D eigenvalue weighted by Gasteiger charge is 2.15. The van der Waals surface area contributed by atoms with Crippen molar-refractivity contribution in [1.29, 1.82) is 0 Å². The summed E-state index contributed by atoms with van der Waals surface area (Å²) < 4.78 is 3.96. The van der Waals surface area contributed by atoms with E-state index in [0.717, 1.165) is 41.4 Å². The summed E-state index contributed by atoms with van der Waals surface area (Å²) in [7, 11) is 0. The van der Waals surface area contributed by atoms with Gasteiger partial charge in [0, 0.05) is 54.2 Å². The van der Waals surface area contributed by atoms with Crippen LogP contribution in [0.15, 0.2) is 67.5 Å². The van der Waals surface area contributed by atoms with Crippen LogP contribution in [0.3, 0.4) is 0 Å². The molecule has 0 atom stereocenters. The molecule has 0 amide bonds. The molecule has 3 aromatic heterocycles. The number of imidazole rings is 1. The molecule has 0 spiro atoms. The molecule has 0 N–H and O–H groups in total. The zero-order chi connectivity index (χ0) is 19.3. The zero-order valence-corrected chi connectivity index (χ0v) is 15.4. The lowest BCUT2D eigenvalue weighted by molar-refractivity contribution is -0.104. The van der Waals surface area contributed by atoms with Gasteiger partial charge >= 0.3 is 0 Å². The van der Waals surface area contributed by atoms with E-state index in [1.807, 2.05) is 59.7 Å². The molecule has 0 saturated carbocycles. The molecule has 0 saturated heterocycles. The molecule has 0 aliphatic carbocycles. The highest BCUT2D eigenvalue weighted by atomic mass is 16.2. The van der Waals surface area contributed by atoms with Gasteiger partial charge in [0.05, 0.1) is 12.0 Å². The number of hydrogen-bond donors (Lipinski definition) is 0. The van der Waals surface area contributed by atoms with Crippen molar-refractivity contribution >= 4 is 22.8 Å². The summed E-state index contributed by atoms with van der Waals surface area (Å²) in [6.07, 6.45) is 11.6. The van der Waals surface area contributed by atoms with Crippen LogP contribution in [0.1, 0.15) is 23.3 Å². The van der Waals surface area contributed by atoms with Gasteiger partial charge in [-0.05, 0) is 25.0 Å². The second kappa shape index (κ2) is 8.00. The number of pyridine rings is 1. The molecular formula is C22H20N4O2. The summed E-state index contributed by atoms with van der Waals surface area (Å²) in [6, 6.07) is 11.5. The maximum absolute atomic E-state index is 12.1. The first-order chi connectivity index (χ1) is 13.8. The maximum Gasteiger partial charge on any atom is 0.242 e. The van der Waals surface area contributed by atoms with Gasteiger partial charge in [-0.15, -0.1) is 0 Å². The Hall–Kier alpha value is -3.54. The van der Waals surface area contributed by atoms with E-state index in [4.69, 9.17) is 0 Å². The molecule has 6 nitrogen and oxygen atoms in total. The monoisotopic (exact) mass is 372 g/mol. The summed E-state index contributed by atoms with van der Waals surface area (Å²) in [4.78, 5) is 31.7. The Morgan fingerprint density at radius 3 is 2.71 bits per heavy atom. The van der Waals surface area contributed by atoms with Gasteiger partial charge < -0.3 is 9.13 Å². The number of aromatic nitrogens is 4. The van der Waals surface area contributed by atoms with Crippen LogP contribution in [0.25, 0.3) is 22.0 Å². The average Bonchev–Trinajstić information content (AvgIpc) is 3.36. The van der Waals surface area contributed by atoms with E-state index in [-0.39, 0.29) is 0 Å². The number of aryl methyl sites for hydroxylation is 2. The van der Waals surface area contributed by atoms with Crippen molar-refractivity contribution in [2.75, 3.05) is 0 Å². The number of Topliss-reactive ketones (excluding diaryl/α,β-unsaturated/α-hetero) is 1. The Morgan fingerprint density at radius 1 is 1.04 bits per heavy atom. The molecule has 0 aliphatic rings. The predicted octanol–water partition coefficient (Wildman–Crippen LogP) is 3.76. The molecule has 0 fully saturated rings. The molecule has 4 aromatic rings. The van der Waals surface area contributed by atoms with Crippen molar-refractivity contribution in [3.8, 4) is 11.3 Å². The number of benzene rings is 1. The Kier molecular flexibility index (Phi) is 5.10. The van der Waals surface area contributed by atoms with Crippen molar-refractivity contribution in [2.45, 2.75) is 25.9 Å². The van der Waals surface area contributed by atoms with E-state index in [2.05, 4.69) is 14.5 Å². The van der Waals surface area contributed by atoms with Crippen molar-refractivity contribution in [3.63, 3.8) is 0 Å². The molecular weight excluding hydrogens is 352 g/mol. The number of rotatable bonds is 8. The minimum Gasteiger partial charge on any atom is -0.344 e. The molecule has 3 heterocycles. The highest BCUT2D eigenvalue weighted by Crippen LogP contribution is 2.22. The molecule has 4 rings (SSSR count). The van der Waals surface area contributed by atoms with Gasteiger partial charge in [-0.1, -0.05) is 24.3 Å². The van der Waals surface area contributed by atoms with Gasteiger partial charge in [-0.2, -0.15) is 0 Å². The van der Waals surface area contributed by atoms with Crippen LogP contribution in [0, 0.1) is 0 Å². The van der Waals surface area contributed by atoms with Crippen LogP contribution in [-0.4, -0.2) is 31.2 Å². The van der Waals surface area contributed by atoms with E-state index in [9.17, 15) is 9.59 Å². The molecule has 140 valence electrons. The quantitative estimate of drug-likeness (QED) is 0.204. The number of ketones is 1. The number of fused-ring (bicyclic) bond motifs is 1. The van der Waals surface area contributed by atoms with E-state index in [0.29, 0.717) is 18.5 Å². The molecule has 6 heteroatoms. The van der Waals surface area contributed by atoms with E-state index >= 15 is 0 Å². The number of unbranched alkanes of at least 4 members (excludes halogenated alkanes) is 1. The van der Waals surface area contributed by atoms with Crippen LogP contribution in [0.2, 0.25) is 0 Å². The lowest BCUT2D eigenvalue weighted by Gasteiger charge is -2.07. The minimum atomic E-state index is -0.475. The van der Waals surface area contributed by atoms with E-state index in [1.54, 1.807) is 12.4 Å². The number of carbonyl (C=O) groups excluding carboxylic acids is 2. The Labute approximate surface area is 162 Å². The minimum absolute atomic E-state index is 0.393. The molecule has 1 aromatic carbocycles. The highest BCUT2D eigenvalue weighted by molar-refractivity contribution is 6.35. The first kappa shape index (κ1) is 17.9. The van der Waals surface area contributed by atoms with Crippen molar-refractivity contribution in [2.24, 2.45) is 0 Å². The Bertz CT molecular complexity index is 1110. The normalized spacial score (nSPS) is 11.0. The third-order valence-electron chi connectivity index (χ3n) is 4.79. The molecule has 0 bridgehead atoms. The van der Waals surface area contributed by atoms with Crippen LogP contribution in [-0.2, 0) is 17.9 Å². The van der Waals surface area contributed by atoms with Gasteiger partial charge in [-0.25, -0.2) is 4.98 Å². The summed E-state index contributed by atoms with van der Waals surface area (Å²) in [5.74, 6) is -0.475. The van der Waals surface area contributed by atoms with Crippen molar-refractivity contribution in [1.82, 2.24) is 19.1 Å². The smallest absolute Gasteiger partial charge is 0.242 e. The SMILES string of the molecule is O=CC(=O)c1c2ccccc2cn1CCCCn1cnc(-c2cccnc2)c1. The predicted molar refractivity (Wildman–Crippen MR) is 107 cm³/mol. The fraction of sp³-hybridized carbons (Fsp3) is 0.182. The average molecular weight is 372 g/mol. The topological polar surface area (TPSA) is 69.8 Å². The molecule has 0 radical (unpaired) electrons. The van der Waals surface area contributed by atoms with Crippen LogP contribution in [0.5, 0.6) is 0 Å². The largest absolute Gasteiger partial charge is 0.344 e. The summed E-state index contributed by atoms with van der Waals surface area (Å²) in [5.41, 5.74) is 2.38. The summed E-state index contributed by atoms with van der Waals surface area (Å²) in [5, 5.41) is 1.80. The maximum atomic E-state index is 12.1. The number of hydrogen-bond acceptors (Lipinski definition) is 4.